The van der Waals surface area contributed by atoms with Crippen molar-refractivity contribution in [2.75, 3.05) is 0 Å². The lowest BCUT2D eigenvalue weighted by Crippen LogP contribution is -2.06. The van der Waals surface area contributed by atoms with E-state index < -0.39 is 24.0 Å². The third-order valence-electron chi connectivity index (χ3n) is 4.26. The van der Waals surface area contributed by atoms with E-state index >= 15 is 0 Å². The number of nitrogens with zero attached hydrogens (tertiary/aromatic N) is 2. The number of rotatable bonds is 11. The van der Waals surface area contributed by atoms with E-state index in [4.69, 9.17) is 0 Å². The number of hydrogen-bond acceptors (Lipinski definition) is 3. The molecule has 0 amide bonds. The van der Waals surface area contributed by atoms with E-state index in [1.807, 2.05) is 24.3 Å². The third-order valence-corrected chi connectivity index (χ3v) is 4.26. The van der Waals surface area contributed by atoms with Crippen LogP contribution in [0.3, 0.4) is 0 Å². The van der Waals surface area contributed by atoms with Crippen molar-refractivity contribution < 1.29 is 22.3 Å². The fourth-order valence-electron chi connectivity index (χ4n) is 2.76. The maximum absolute atomic E-state index is 13.6. The van der Waals surface area contributed by atoms with Crippen LogP contribution in [-0.2, 0) is 6.42 Å². The van der Waals surface area contributed by atoms with Gasteiger partial charge in [-0.3, -0.25) is 0 Å². The molecule has 2 aromatic rings. The Balaban J connectivity index is 1.88. The van der Waals surface area contributed by atoms with Crippen LogP contribution in [0.5, 0.6) is 5.75 Å². The van der Waals surface area contributed by atoms with E-state index in [-0.39, 0.29) is 5.56 Å². The van der Waals surface area contributed by atoms with Crippen molar-refractivity contribution in [2.24, 2.45) is 10.2 Å². The van der Waals surface area contributed by atoms with Crippen LogP contribution in [0, 0.1) is 11.6 Å². The normalized spacial score (nSPS) is 11.8. The van der Waals surface area contributed by atoms with Crippen molar-refractivity contribution in [1.29, 1.82) is 0 Å². The predicted molar refractivity (Wildman–Crippen MR) is 107 cm³/mol. The van der Waals surface area contributed by atoms with Crippen molar-refractivity contribution >= 4 is 12.4 Å². The van der Waals surface area contributed by atoms with Crippen LogP contribution in [0.25, 0.3) is 0 Å². The highest BCUT2D eigenvalue weighted by atomic mass is 19.3. The summed E-state index contributed by atoms with van der Waals surface area (Å²) in [5.74, 6) is -3.59. The SMILES string of the molecule is CCCCCCCc1ccc(C=NN=Cc2cc(F)c(OC(F)F)c(F)c2)cc1. The molecule has 0 bridgehead atoms. The van der Waals surface area contributed by atoms with E-state index in [2.05, 4.69) is 21.9 Å². The minimum atomic E-state index is -3.31. The first-order valence-corrected chi connectivity index (χ1v) is 9.58. The molecule has 0 heterocycles. The summed E-state index contributed by atoms with van der Waals surface area (Å²) < 4.78 is 55.3. The first kappa shape index (κ1) is 22.6. The van der Waals surface area contributed by atoms with Gasteiger partial charge in [-0.1, -0.05) is 56.9 Å². The number of hydrogen-bond donors (Lipinski definition) is 0. The largest absolute Gasteiger partial charge is 0.429 e. The van der Waals surface area contributed by atoms with E-state index in [1.54, 1.807) is 0 Å². The number of aryl methyl sites for hydroxylation is 1. The Morgan fingerprint density at radius 2 is 1.45 bits per heavy atom. The van der Waals surface area contributed by atoms with Gasteiger partial charge in [0.05, 0.1) is 12.4 Å². The van der Waals surface area contributed by atoms with Gasteiger partial charge in [0.25, 0.3) is 0 Å². The van der Waals surface area contributed by atoms with Crippen LogP contribution in [0.15, 0.2) is 46.6 Å². The molecule has 156 valence electrons. The van der Waals surface area contributed by atoms with Crippen LogP contribution in [0.2, 0.25) is 0 Å². The van der Waals surface area contributed by atoms with Crippen molar-refractivity contribution in [1.82, 2.24) is 0 Å². The molecular weight excluding hydrogens is 384 g/mol. The molecule has 7 heteroatoms. The second-order valence-corrected chi connectivity index (χ2v) is 6.59. The highest BCUT2D eigenvalue weighted by Crippen LogP contribution is 2.24. The van der Waals surface area contributed by atoms with Crippen LogP contribution in [-0.4, -0.2) is 19.0 Å². The fourth-order valence-corrected chi connectivity index (χ4v) is 2.76. The summed E-state index contributed by atoms with van der Waals surface area (Å²) in [6, 6.07) is 9.62. The van der Waals surface area contributed by atoms with Gasteiger partial charge in [-0.05, 0) is 36.1 Å². The zero-order valence-electron chi connectivity index (χ0n) is 16.3. The van der Waals surface area contributed by atoms with Gasteiger partial charge in [-0.25, -0.2) is 8.78 Å². The summed E-state index contributed by atoms with van der Waals surface area (Å²) in [6.45, 7) is -1.11. The number of alkyl halides is 2. The standard InChI is InChI=1S/C22H24F4N2O/c1-2-3-4-5-6-7-16-8-10-17(11-9-16)14-27-28-15-18-12-19(23)21(20(24)13-18)29-22(25)26/h8-15,22H,2-7H2,1H3. The molecule has 0 fully saturated rings. The van der Waals surface area contributed by atoms with Crippen LogP contribution in [0.1, 0.15) is 55.7 Å². The predicted octanol–water partition coefficient (Wildman–Crippen LogP) is 6.53. The molecule has 0 spiro atoms. The topological polar surface area (TPSA) is 34.0 Å². The maximum atomic E-state index is 13.6. The van der Waals surface area contributed by atoms with Crippen molar-refractivity contribution in [2.45, 2.75) is 52.1 Å². The minimum Gasteiger partial charge on any atom is -0.429 e. The molecule has 2 rings (SSSR count). The Morgan fingerprint density at radius 1 is 0.862 bits per heavy atom. The average molecular weight is 408 g/mol. The van der Waals surface area contributed by atoms with Gasteiger partial charge in [-0.2, -0.15) is 19.0 Å². The molecule has 29 heavy (non-hydrogen) atoms. The molecule has 0 aliphatic heterocycles. The molecule has 2 aromatic carbocycles. The van der Waals surface area contributed by atoms with Crippen LogP contribution < -0.4 is 4.74 Å². The summed E-state index contributed by atoms with van der Waals surface area (Å²) in [4.78, 5) is 0. The first-order chi connectivity index (χ1) is 14.0. The Bertz CT molecular complexity index is 797. The van der Waals surface area contributed by atoms with Crippen molar-refractivity contribution in [3.05, 3.63) is 64.7 Å². The van der Waals surface area contributed by atoms with Gasteiger partial charge in [0.2, 0.25) is 0 Å². The second-order valence-electron chi connectivity index (χ2n) is 6.59. The van der Waals surface area contributed by atoms with Gasteiger partial charge in [0.1, 0.15) is 0 Å². The summed E-state index contributed by atoms with van der Waals surface area (Å²) in [5, 5.41) is 7.57. The molecule has 0 aliphatic carbocycles. The summed E-state index contributed by atoms with van der Waals surface area (Å²) in [6.07, 6.45) is 9.88. The van der Waals surface area contributed by atoms with Gasteiger partial charge < -0.3 is 4.74 Å². The molecule has 0 aliphatic rings. The summed E-state index contributed by atoms with van der Waals surface area (Å²) in [7, 11) is 0. The highest BCUT2D eigenvalue weighted by molar-refractivity contribution is 5.82. The first-order valence-electron chi connectivity index (χ1n) is 9.58. The van der Waals surface area contributed by atoms with Gasteiger partial charge in [-0.15, -0.1) is 0 Å². The fraction of sp³-hybridized carbons (Fsp3) is 0.364. The minimum absolute atomic E-state index is 0.0391. The quantitative estimate of drug-likeness (QED) is 0.180. The monoisotopic (exact) mass is 408 g/mol. The lowest BCUT2D eigenvalue weighted by atomic mass is 10.0. The van der Waals surface area contributed by atoms with E-state index in [0.717, 1.165) is 30.3 Å². The summed E-state index contributed by atoms with van der Waals surface area (Å²) >= 11 is 0. The molecule has 3 nitrogen and oxygen atoms in total. The lowest BCUT2D eigenvalue weighted by Gasteiger charge is -2.07. The summed E-state index contributed by atoms with van der Waals surface area (Å²) in [5.41, 5.74) is 2.14. The van der Waals surface area contributed by atoms with Gasteiger partial charge in [0, 0.05) is 5.56 Å². The van der Waals surface area contributed by atoms with E-state index in [0.29, 0.717) is 0 Å². The molecule has 0 saturated heterocycles. The third kappa shape index (κ3) is 8.05. The maximum Gasteiger partial charge on any atom is 0.387 e. The number of benzene rings is 2. The molecule has 0 aromatic heterocycles. The smallest absolute Gasteiger partial charge is 0.387 e. The molecular formula is C22H24F4N2O. The number of ether oxygens (including phenoxy) is 1. The van der Waals surface area contributed by atoms with Crippen LogP contribution >= 0.6 is 0 Å². The molecule has 0 unspecified atom stereocenters. The number of halogens is 4. The molecule has 0 saturated carbocycles. The number of unbranched alkanes of at least 4 members (excludes halogenated alkanes) is 4. The highest BCUT2D eigenvalue weighted by Gasteiger charge is 2.16. The van der Waals surface area contributed by atoms with E-state index in [9.17, 15) is 17.6 Å². The zero-order valence-corrected chi connectivity index (χ0v) is 16.3. The Hall–Kier alpha value is -2.70. The Morgan fingerprint density at radius 3 is 2.03 bits per heavy atom. The molecule has 0 radical (unpaired) electrons. The van der Waals surface area contributed by atoms with Gasteiger partial charge >= 0.3 is 6.61 Å². The van der Waals surface area contributed by atoms with Gasteiger partial charge in [0.15, 0.2) is 17.4 Å². The van der Waals surface area contributed by atoms with Crippen LogP contribution in [0.4, 0.5) is 17.6 Å². The Labute approximate surface area is 168 Å². The zero-order chi connectivity index (χ0) is 21.1. The lowest BCUT2D eigenvalue weighted by molar-refractivity contribution is -0.0546. The second kappa shape index (κ2) is 12.0. The molecule has 0 atom stereocenters. The van der Waals surface area contributed by atoms with Crippen molar-refractivity contribution in [3.8, 4) is 5.75 Å². The average Bonchev–Trinajstić information content (AvgIpc) is 2.69. The Kier molecular flexibility index (Phi) is 9.34. The molecule has 0 N–H and O–H groups in total. The van der Waals surface area contributed by atoms with Crippen molar-refractivity contribution in [3.63, 3.8) is 0 Å². The van der Waals surface area contributed by atoms with E-state index in [1.165, 1.54) is 43.9 Å².